The van der Waals surface area contributed by atoms with Crippen LogP contribution in [0.3, 0.4) is 0 Å². The Morgan fingerprint density at radius 1 is 1.00 bits per heavy atom. The molecule has 0 saturated carbocycles. The van der Waals surface area contributed by atoms with E-state index in [-0.39, 0.29) is 25.0 Å². The van der Waals surface area contributed by atoms with Crippen molar-refractivity contribution in [2.24, 2.45) is 5.41 Å². The molecule has 0 spiro atoms. The average molecular weight is 257 g/mol. The van der Waals surface area contributed by atoms with Gasteiger partial charge >= 0.3 is 11.9 Å². The SMILES string of the molecule is CC(C)(COC(=O)CCl)COC(=O)CCl. The van der Waals surface area contributed by atoms with E-state index in [1.165, 1.54) is 0 Å². The van der Waals surface area contributed by atoms with Crippen molar-refractivity contribution in [2.75, 3.05) is 25.0 Å². The summed E-state index contributed by atoms with van der Waals surface area (Å²) in [7, 11) is 0. The molecule has 15 heavy (non-hydrogen) atoms. The molecule has 0 saturated heterocycles. The lowest BCUT2D eigenvalue weighted by molar-refractivity contribution is -0.149. The van der Waals surface area contributed by atoms with Crippen molar-refractivity contribution in [3.8, 4) is 0 Å². The molecule has 0 aromatic rings. The van der Waals surface area contributed by atoms with E-state index in [0.717, 1.165) is 0 Å². The van der Waals surface area contributed by atoms with E-state index < -0.39 is 17.4 Å². The van der Waals surface area contributed by atoms with Gasteiger partial charge in [-0.15, -0.1) is 23.2 Å². The van der Waals surface area contributed by atoms with Crippen LogP contribution < -0.4 is 0 Å². The maximum Gasteiger partial charge on any atom is 0.320 e. The highest BCUT2D eigenvalue weighted by Crippen LogP contribution is 2.16. The second-order valence-corrected chi connectivity index (χ2v) is 4.29. The average Bonchev–Trinajstić information content (AvgIpc) is 2.22. The smallest absolute Gasteiger partial charge is 0.320 e. The molecule has 0 radical (unpaired) electrons. The quantitative estimate of drug-likeness (QED) is 0.535. The molecule has 0 amide bonds. The van der Waals surface area contributed by atoms with Crippen molar-refractivity contribution in [3.05, 3.63) is 0 Å². The molecule has 0 aliphatic carbocycles. The van der Waals surface area contributed by atoms with Gasteiger partial charge in [-0.2, -0.15) is 0 Å². The van der Waals surface area contributed by atoms with Gasteiger partial charge in [-0.1, -0.05) is 13.8 Å². The first kappa shape index (κ1) is 14.5. The van der Waals surface area contributed by atoms with Crippen LogP contribution >= 0.6 is 23.2 Å². The summed E-state index contributed by atoms with van der Waals surface area (Å²) >= 11 is 10.5. The fourth-order valence-electron chi connectivity index (χ4n) is 0.671. The first-order valence-electron chi connectivity index (χ1n) is 4.34. The van der Waals surface area contributed by atoms with Crippen molar-refractivity contribution in [2.45, 2.75) is 13.8 Å². The van der Waals surface area contributed by atoms with Gasteiger partial charge in [0.25, 0.3) is 0 Å². The topological polar surface area (TPSA) is 52.6 Å². The maximum absolute atomic E-state index is 10.8. The second-order valence-electron chi connectivity index (χ2n) is 3.75. The molecular formula is C9H14Cl2O4. The number of halogens is 2. The van der Waals surface area contributed by atoms with E-state index in [2.05, 4.69) is 0 Å². The Labute approximate surface area is 98.8 Å². The molecule has 6 heteroatoms. The highest BCUT2D eigenvalue weighted by Gasteiger charge is 2.22. The van der Waals surface area contributed by atoms with E-state index in [0.29, 0.717) is 0 Å². The van der Waals surface area contributed by atoms with E-state index in [1.807, 2.05) is 0 Å². The summed E-state index contributed by atoms with van der Waals surface area (Å²) in [6.45, 7) is 3.90. The molecule has 0 atom stereocenters. The largest absolute Gasteiger partial charge is 0.464 e. The third-order valence-corrected chi connectivity index (χ3v) is 1.90. The van der Waals surface area contributed by atoms with Crippen LogP contribution in [0, 0.1) is 5.41 Å². The van der Waals surface area contributed by atoms with Crippen molar-refractivity contribution in [3.63, 3.8) is 0 Å². The van der Waals surface area contributed by atoms with Crippen LogP contribution in [0.5, 0.6) is 0 Å². The number of rotatable bonds is 6. The number of hydrogen-bond donors (Lipinski definition) is 0. The molecule has 0 aromatic carbocycles. The lowest BCUT2D eigenvalue weighted by Gasteiger charge is -2.23. The summed E-state index contributed by atoms with van der Waals surface area (Å²) < 4.78 is 9.65. The van der Waals surface area contributed by atoms with Gasteiger partial charge in [0, 0.05) is 5.41 Å². The molecule has 0 N–H and O–H groups in total. The Hall–Kier alpha value is -0.480. The fraction of sp³-hybridized carbons (Fsp3) is 0.778. The van der Waals surface area contributed by atoms with Gasteiger partial charge in [-0.25, -0.2) is 0 Å². The fourth-order valence-corrected chi connectivity index (χ4v) is 0.825. The number of alkyl halides is 2. The van der Waals surface area contributed by atoms with Crippen LogP contribution in [0.25, 0.3) is 0 Å². The Morgan fingerprint density at radius 3 is 1.60 bits per heavy atom. The van der Waals surface area contributed by atoms with Crippen LogP contribution in [-0.4, -0.2) is 36.9 Å². The number of esters is 2. The number of hydrogen-bond acceptors (Lipinski definition) is 4. The van der Waals surface area contributed by atoms with E-state index in [1.54, 1.807) is 13.8 Å². The van der Waals surface area contributed by atoms with E-state index in [4.69, 9.17) is 32.7 Å². The molecular weight excluding hydrogens is 243 g/mol. The predicted molar refractivity (Wildman–Crippen MR) is 57.1 cm³/mol. The zero-order valence-electron chi connectivity index (χ0n) is 8.72. The normalized spacial score (nSPS) is 10.9. The van der Waals surface area contributed by atoms with Gasteiger partial charge in [0.2, 0.25) is 0 Å². The van der Waals surface area contributed by atoms with Gasteiger partial charge in [-0.3, -0.25) is 9.59 Å². The van der Waals surface area contributed by atoms with Crippen molar-refractivity contribution < 1.29 is 19.1 Å². The highest BCUT2D eigenvalue weighted by molar-refractivity contribution is 6.26. The van der Waals surface area contributed by atoms with Crippen molar-refractivity contribution in [1.29, 1.82) is 0 Å². The molecule has 0 unspecified atom stereocenters. The summed E-state index contributed by atoms with van der Waals surface area (Å²) in [5.41, 5.74) is -0.441. The zero-order valence-corrected chi connectivity index (χ0v) is 10.2. The van der Waals surface area contributed by atoms with Gasteiger partial charge in [0.05, 0.1) is 13.2 Å². The van der Waals surface area contributed by atoms with E-state index in [9.17, 15) is 9.59 Å². The monoisotopic (exact) mass is 256 g/mol. The van der Waals surface area contributed by atoms with Gasteiger partial charge in [-0.05, 0) is 0 Å². The summed E-state index contributed by atoms with van der Waals surface area (Å²) in [5, 5.41) is 0. The Bertz CT molecular complexity index is 206. The second kappa shape index (κ2) is 6.90. The zero-order chi connectivity index (χ0) is 11.9. The van der Waals surface area contributed by atoms with Crippen LogP contribution in [0.15, 0.2) is 0 Å². The summed E-state index contributed by atoms with van der Waals surface area (Å²) in [5.74, 6) is -1.35. The summed E-state index contributed by atoms with van der Waals surface area (Å²) in [4.78, 5) is 21.5. The number of carbonyl (C=O) groups is 2. The summed E-state index contributed by atoms with van der Waals surface area (Å²) in [6.07, 6.45) is 0. The number of carbonyl (C=O) groups excluding carboxylic acids is 2. The molecule has 88 valence electrons. The Balaban J connectivity index is 3.86. The third-order valence-electron chi connectivity index (χ3n) is 1.47. The lowest BCUT2D eigenvalue weighted by Crippen LogP contribution is -2.29. The molecule has 0 bridgehead atoms. The van der Waals surface area contributed by atoms with Crippen LogP contribution in [0.2, 0.25) is 0 Å². The molecule has 0 fully saturated rings. The molecule has 0 aromatic heterocycles. The predicted octanol–water partition coefficient (Wildman–Crippen LogP) is 1.58. The Kier molecular flexibility index (Phi) is 6.68. The maximum atomic E-state index is 10.8. The van der Waals surface area contributed by atoms with Gasteiger partial charge < -0.3 is 9.47 Å². The Morgan fingerprint density at radius 2 is 1.33 bits per heavy atom. The minimum Gasteiger partial charge on any atom is -0.464 e. The molecule has 0 heterocycles. The summed E-state index contributed by atoms with van der Waals surface area (Å²) in [6, 6.07) is 0. The molecule has 0 aliphatic rings. The van der Waals surface area contributed by atoms with Crippen LogP contribution in [-0.2, 0) is 19.1 Å². The molecule has 0 rings (SSSR count). The van der Waals surface area contributed by atoms with Crippen LogP contribution in [0.4, 0.5) is 0 Å². The van der Waals surface area contributed by atoms with E-state index >= 15 is 0 Å². The van der Waals surface area contributed by atoms with Crippen LogP contribution in [0.1, 0.15) is 13.8 Å². The highest BCUT2D eigenvalue weighted by atomic mass is 35.5. The first-order chi connectivity index (χ1) is 6.91. The van der Waals surface area contributed by atoms with Crippen molar-refractivity contribution >= 4 is 35.1 Å². The number of ether oxygens (including phenoxy) is 2. The third kappa shape index (κ3) is 7.45. The minimum absolute atomic E-state index is 0.147. The minimum atomic E-state index is -0.492. The standard InChI is InChI=1S/C9H14Cl2O4/c1-9(2,5-14-7(12)3-10)6-15-8(13)4-11/h3-6H2,1-2H3. The van der Waals surface area contributed by atoms with Crippen molar-refractivity contribution in [1.82, 2.24) is 0 Å². The first-order valence-corrected chi connectivity index (χ1v) is 5.41. The molecule has 0 aliphatic heterocycles. The van der Waals surface area contributed by atoms with Gasteiger partial charge in [0.1, 0.15) is 11.8 Å². The van der Waals surface area contributed by atoms with Gasteiger partial charge in [0.15, 0.2) is 0 Å². The lowest BCUT2D eigenvalue weighted by atomic mass is 9.96. The molecule has 4 nitrogen and oxygen atoms in total.